The molecule has 0 N–H and O–H groups in total. The third-order valence-electron chi connectivity index (χ3n) is 5.69. The zero-order valence-corrected chi connectivity index (χ0v) is 10.7. The fraction of sp³-hybridized carbons (Fsp3) is 0.929. The number of hydrogen-bond acceptors (Lipinski definition) is 3. The highest BCUT2D eigenvalue weighted by atomic mass is 16.1. The molecule has 4 heterocycles. The molecule has 17 heavy (non-hydrogen) atoms. The van der Waals surface area contributed by atoms with Crippen molar-refractivity contribution < 1.29 is 4.79 Å². The maximum absolute atomic E-state index is 13.0. The number of hydrogen-bond donors (Lipinski definition) is 0. The van der Waals surface area contributed by atoms with Crippen LogP contribution >= 0.6 is 0 Å². The number of rotatable bonds is 1. The number of carbonyl (C=O) groups is 1. The zero-order chi connectivity index (χ0) is 11.7. The van der Waals surface area contributed by atoms with Gasteiger partial charge >= 0.3 is 0 Å². The highest BCUT2D eigenvalue weighted by Crippen LogP contribution is 2.53. The van der Waals surface area contributed by atoms with Crippen molar-refractivity contribution in [3.8, 4) is 0 Å². The first-order valence-corrected chi connectivity index (χ1v) is 7.12. The van der Waals surface area contributed by atoms with Crippen LogP contribution in [0.5, 0.6) is 0 Å². The zero-order valence-electron chi connectivity index (χ0n) is 10.7. The summed E-state index contributed by atoms with van der Waals surface area (Å²) in [5.41, 5.74) is -0.0443. The van der Waals surface area contributed by atoms with Gasteiger partial charge in [-0.2, -0.15) is 0 Å². The minimum absolute atomic E-state index is 0.0139. The summed E-state index contributed by atoms with van der Waals surface area (Å²) >= 11 is 0. The van der Waals surface area contributed by atoms with Gasteiger partial charge in [0.15, 0.2) is 0 Å². The second kappa shape index (κ2) is 3.12. The topological polar surface area (TPSA) is 23.6 Å². The van der Waals surface area contributed by atoms with Gasteiger partial charge in [-0.05, 0) is 18.8 Å². The average Bonchev–Trinajstić information content (AvgIpc) is 2.78. The Hall–Kier alpha value is -0.410. The van der Waals surface area contributed by atoms with Gasteiger partial charge in [0.2, 0.25) is 0 Å². The number of ketones is 1. The summed E-state index contributed by atoms with van der Waals surface area (Å²) < 4.78 is 0. The summed E-state index contributed by atoms with van der Waals surface area (Å²) in [7, 11) is 0. The molecule has 5 rings (SSSR count). The second-order valence-corrected chi connectivity index (χ2v) is 7.14. The van der Waals surface area contributed by atoms with Gasteiger partial charge in [-0.25, -0.2) is 0 Å². The van der Waals surface area contributed by atoms with E-state index in [1.165, 1.54) is 25.7 Å². The van der Waals surface area contributed by atoms with Crippen molar-refractivity contribution in [3.63, 3.8) is 0 Å². The van der Waals surface area contributed by atoms with Crippen molar-refractivity contribution in [1.82, 2.24) is 9.80 Å². The number of carbonyl (C=O) groups excluding carboxylic acids is 1. The SMILES string of the molecule is CC12CN3CN(C1)CC(C1CCCC1)(C3)C2=O. The van der Waals surface area contributed by atoms with Gasteiger partial charge in [0.1, 0.15) is 5.78 Å². The summed E-state index contributed by atoms with van der Waals surface area (Å²) in [6, 6.07) is 0. The van der Waals surface area contributed by atoms with Gasteiger partial charge in [-0.3, -0.25) is 14.6 Å². The van der Waals surface area contributed by atoms with E-state index >= 15 is 0 Å². The molecular weight excluding hydrogens is 212 g/mol. The van der Waals surface area contributed by atoms with E-state index < -0.39 is 0 Å². The van der Waals surface area contributed by atoms with Crippen LogP contribution in [0, 0.1) is 16.7 Å². The van der Waals surface area contributed by atoms with Crippen LogP contribution < -0.4 is 0 Å². The van der Waals surface area contributed by atoms with Gasteiger partial charge in [0.05, 0.1) is 17.5 Å². The van der Waals surface area contributed by atoms with Crippen LogP contribution in [0.2, 0.25) is 0 Å². The Balaban J connectivity index is 1.77. The van der Waals surface area contributed by atoms with Crippen molar-refractivity contribution >= 4 is 5.78 Å². The lowest BCUT2D eigenvalue weighted by atomic mass is 9.57. The summed E-state index contributed by atoms with van der Waals surface area (Å²) in [5, 5.41) is 0. The summed E-state index contributed by atoms with van der Waals surface area (Å²) in [5.74, 6) is 1.30. The summed E-state index contributed by atoms with van der Waals surface area (Å²) in [6.45, 7) is 7.45. The number of piperidine rings is 2. The molecule has 0 aromatic carbocycles. The molecule has 4 bridgehead atoms. The van der Waals surface area contributed by atoms with Gasteiger partial charge in [0, 0.05) is 26.2 Å². The monoisotopic (exact) mass is 234 g/mol. The molecule has 3 nitrogen and oxygen atoms in total. The van der Waals surface area contributed by atoms with Gasteiger partial charge in [0.25, 0.3) is 0 Å². The molecule has 0 radical (unpaired) electrons. The lowest BCUT2D eigenvalue weighted by Crippen LogP contribution is -2.76. The third-order valence-corrected chi connectivity index (χ3v) is 5.69. The largest absolute Gasteiger partial charge is 0.298 e. The van der Waals surface area contributed by atoms with E-state index in [2.05, 4.69) is 16.7 Å². The molecule has 0 amide bonds. The molecule has 5 aliphatic rings. The molecule has 3 heteroatoms. The molecular formula is C14H22N2O. The molecule has 5 fully saturated rings. The van der Waals surface area contributed by atoms with Crippen LogP contribution in [0.25, 0.3) is 0 Å². The minimum atomic E-state index is -0.0582. The van der Waals surface area contributed by atoms with Gasteiger partial charge in [-0.1, -0.05) is 19.8 Å². The maximum Gasteiger partial charge on any atom is 0.150 e. The van der Waals surface area contributed by atoms with Crippen LogP contribution in [-0.2, 0) is 4.79 Å². The molecule has 2 unspecified atom stereocenters. The van der Waals surface area contributed by atoms with Crippen LogP contribution in [0.15, 0.2) is 0 Å². The lowest BCUT2D eigenvalue weighted by molar-refractivity contribution is -0.189. The van der Waals surface area contributed by atoms with Crippen LogP contribution in [-0.4, -0.2) is 48.4 Å². The van der Waals surface area contributed by atoms with Gasteiger partial charge in [-0.15, -0.1) is 0 Å². The molecule has 0 aromatic heterocycles. The van der Waals surface area contributed by atoms with E-state index in [0.717, 1.165) is 32.8 Å². The van der Waals surface area contributed by atoms with E-state index in [9.17, 15) is 4.79 Å². The lowest BCUT2D eigenvalue weighted by Gasteiger charge is -2.63. The van der Waals surface area contributed by atoms with Crippen LogP contribution in [0.1, 0.15) is 32.6 Å². The fourth-order valence-corrected chi connectivity index (χ4v) is 5.29. The molecule has 4 aliphatic heterocycles. The normalized spacial score (nSPS) is 53.6. The van der Waals surface area contributed by atoms with E-state index in [0.29, 0.717) is 11.7 Å². The van der Waals surface area contributed by atoms with Crippen molar-refractivity contribution in [3.05, 3.63) is 0 Å². The highest BCUT2D eigenvalue weighted by Gasteiger charge is 2.63. The van der Waals surface area contributed by atoms with E-state index in [4.69, 9.17) is 0 Å². The van der Waals surface area contributed by atoms with Crippen LogP contribution in [0.3, 0.4) is 0 Å². The maximum atomic E-state index is 13.0. The molecule has 0 spiro atoms. The van der Waals surface area contributed by atoms with E-state index in [1.54, 1.807) is 0 Å². The van der Waals surface area contributed by atoms with Crippen LogP contribution in [0.4, 0.5) is 0 Å². The predicted octanol–water partition coefficient (Wildman–Crippen LogP) is 1.34. The Morgan fingerprint density at radius 2 is 1.65 bits per heavy atom. The average molecular weight is 234 g/mol. The fourth-order valence-electron chi connectivity index (χ4n) is 5.29. The Morgan fingerprint density at radius 1 is 1.06 bits per heavy atom. The van der Waals surface area contributed by atoms with Crippen molar-refractivity contribution in [1.29, 1.82) is 0 Å². The quantitative estimate of drug-likeness (QED) is 0.684. The first-order valence-electron chi connectivity index (χ1n) is 7.12. The van der Waals surface area contributed by atoms with E-state index in [-0.39, 0.29) is 10.8 Å². The molecule has 2 atom stereocenters. The van der Waals surface area contributed by atoms with Crippen molar-refractivity contribution in [2.24, 2.45) is 16.7 Å². The van der Waals surface area contributed by atoms with Crippen molar-refractivity contribution in [2.75, 3.05) is 32.8 Å². The highest BCUT2D eigenvalue weighted by molar-refractivity contribution is 5.93. The third kappa shape index (κ3) is 1.22. The molecule has 94 valence electrons. The molecule has 4 saturated heterocycles. The Kier molecular flexibility index (Phi) is 1.93. The summed E-state index contributed by atoms with van der Waals surface area (Å²) in [6.07, 6.45) is 5.28. The van der Waals surface area contributed by atoms with E-state index in [1.807, 2.05) is 0 Å². The van der Waals surface area contributed by atoms with Gasteiger partial charge < -0.3 is 0 Å². The van der Waals surface area contributed by atoms with Crippen molar-refractivity contribution in [2.45, 2.75) is 32.6 Å². The first kappa shape index (κ1) is 10.5. The molecule has 1 saturated carbocycles. The standard InChI is InChI=1S/C14H22N2O/c1-13-6-15-8-14(12(13)17,9-16(7-13)10-15)11-4-2-3-5-11/h11H,2-10H2,1H3. The number of nitrogens with zero attached hydrogens (tertiary/aromatic N) is 2. The smallest absolute Gasteiger partial charge is 0.150 e. The molecule has 0 aromatic rings. The molecule has 1 aliphatic carbocycles. The minimum Gasteiger partial charge on any atom is -0.298 e. The Bertz CT molecular complexity index is 358. The predicted molar refractivity (Wildman–Crippen MR) is 65.5 cm³/mol. The number of Topliss-reactive ketones (excluding diaryl/α,β-unsaturated/α-hetero) is 1. The Morgan fingerprint density at radius 3 is 2.24 bits per heavy atom. The Labute approximate surface area is 103 Å². The first-order chi connectivity index (χ1) is 8.12. The summed E-state index contributed by atoms with van der Waals surface area (Å²) in [4.78, 5) is 18.0. The second-order valence-electron chi connectivity index (χ2n) is 7.14.